The number of carbonyl (C=O) groups excluding carboxylic acids is 1. The van der Waals surface area contributed by atoms with Crippen LogP contribution in [0.4, 0.5) is 4.39 Å². The van der Waals surface area contributed by atoms with Crippen molar-refractivity contribution in [3.63, 3.8) is 0 Å². The number of amides is 1. The van der Waals surface area contributed by atoms with Crippen LogP contribution in [-0.4, -0.2) is 38.8 Å². The lowest BCUT2D eigenvalue weighted by Crippen LogP contribution is -2.31. The standard InChI is InChI=1S/C19H18BrFN4OS/c1-12(13-5-9-16(21)10-6-13)25(2)17(26)11-27-19-22-18(23-24-19)14-3-7-15(20)8-4-14/h3-10,12H,11H2,1-2H3,(H,22,23,24)/t12-/m0/s1. The number of hydrogen-bond donors (Lipinski definition) is 1. The van der Waals surface area contributed by atoms with Crippen LogP contribution in [0.25, 0.3) is 11.4 Å². The number of carbonyl (C=O) groups is 1. The Morgan fingerprint density at radius 1 is 1.22 bits per heavy atom. The molecule has 8 heteroatoms. The third-order valence-electron chi connectivity index (χ3n) is 4.23. The molecule has 140 valence electrons. The molecule has 0 bridgehead atoms. The molecule has 3 rings (SSSR count). The molecule has 1 atom stereocenters. The van der Waals surface area contributed by atoms with Crippen LogP contribution in [0.1, 0.15) is 18.5 Å². The van der Waals surface area contributed by atoms with Crippen LogP contribution < -0.4 is 0 Å². The Morgan fingerprint density at radius 3 is 2.56 bits per heavy atom. The Labute approximate surface area is 169 Å². The molecule has 0 radical (unpaired) electrons. The Kier molecular flexibility index (Phi) is 6.28. The Balaban J connectivity index is 1.58. The van der Waals surface area contributed by atoms with Crippen molar-refractivity contribution in [2.45, 2.75) is 18.1 Å². The van der Waals surface area contributed by atoms with Crippen LogP contribution >= 0.6 is 27.7 Å². The van der Waals surface area contributed by atoms with Crippen molar-refractivity contribution in [2.75, 3.05) is 12.8 Å². The number of aromatic amines is 1. The molecule has 0 fully saturated rings. The summed E-state index contributed by atoms with van der Waals surface area (Å²) in [7, 11) is 1.74. The van der Waals surface area contributed by atoms with E-state index in [-0.39, 0.29) is 23.5 Å². The van der Waals surface area contributed by atoms with E-state index >= 15 is 0 Å². The molecular formula is C19H18BrFN4OS. The van der Waals surface area contributed by atoms with Crippen molar-refractivity contribution in [2.24, 2.45) is 0 Å². The summed E-state index contributed by atoms with van der Waals surface area (Å²) < 4.78 is 14.0. The smallest absolute Gasteiger partial charge is 0.233 e. The van der Waals surface area contributed by atoms with E-state index in [4.69, 9.17) is 0 Å². The SMILES string of the molecule is C[C@@H](c1ccc(F)cc1)N(C)C(=O)CSc1n[nH]c(-c2ccc(Br)cc2)n1. The van der Waals surface area contributed by atoms with E-state index < -0.39 is 0 Å². The molecule has 0 aliphatic heterocycles. The largest absolute Gasteiger partial charge is 0.338 e. The van der Waals surface area contributed by atoms with Gasteiger partial charge in [-0.1, -0.05) is 52.0 Å². The highest BCUT2D eigenvalue weighted by Gasteiger charge is 2.18. The molecule has 0 saturated heterocycles. The molecule has 3 aromatic rings. The second-order valence-corrected chi connectivity index (χ2v) is 7.85. The van der Waals surface area contributed by atoms with Crippen LogP contribution in [0.5, 0.6) is 0 Å². The predicted octanol–water partition coefficient (Wildman–Crippen LogP) is 4.69. The first kappa shape index (κ1) is 19.6. The highest BCUT2D eigenvalue weighted by molar-refractivity contribution is 9.10. The number of rotatable bonds is 6. The number of hydrogen-bond acceptors (Lipinski definition) is 4. The molecular weight excluding hydrogens is 431 g/mol. The molecule has 1 heterocycles. The number of nitrogens with one attached hydrogen (secondary N) is 1. The van der Waals surface area contributed by atoms with Crippen molar-refractivity contribution in [1.82, 2.24) is 20.1 Å². The molecule has 0 aliphatic rings. The van der Waals surface area contributed by atoms with Crippen LogP contribution in [0.3, 0.4) is 0 Å². The number of halogens is 2. The lowest BCUT2D eigenvalue weighted by Gasteiger charge is -2.25. The summed E-state index contributed by atoms with van der Waals surface area (Å²) in [6, 6.07) is 13.8. The Bertz CT molecular complexity index is 914. The first-order valence-corrected chi connectivity index (χ1v) is 10.0. The third kappa shape index (κ3) is 4.95. The first-order valence-electron chi connectivity index (χ1n) is 8.26. The fourth-order valence-corrected chi connectivity index (χ4v) is 3.44. The van der Waals surface area contributed by atoms with Gasteiger partial charge in [0.15, 0.2) is 5.82 Å². The summed E-state index contributed by atoms with van der Waals surface area (Å²) in [5, 5.41) is 7.57. The summed E-state index contributed by atoms with van der Waals surface area (Å²) in [5.74, 6) is 0.540. The molecule has 1 N–H and O–H groups in total. The first-order chi connectivity index (χ1) is 12.9. The zero-order valence-corrected chi connectivity index (χ0v) is 17.2. The second-order valence-electron chi connectivity index (χ2n) is 5.99. The Hall–Kier alpha value is -2.19. The van der Waals surface area contributed by atoms with Crippen LogP contribution in [0.15, 0.2) is 58.2 Å². The molecule has 1 aromatic heterocycles. The van der Waals surface area contributed by atoms with Gasteiger partial charge in [-0.05, 0) is 36.8 Å². The molecule has 0 saturated carbocycles. The van der Waals surface area contributed by atoms with Crippen LogP contribution in [0, 0.1) is 5.82 Å². The number of H-pyrrole nitrogens is 1. The summed E-state index contributed by atoms with van der Waals surface area (Å²) in [5.41, 5.74) is 1.80. The summed E-state index contributed by atoms with van der Waals surface area (Å²) in [4.78, 5) is 18.5. The number of nitrogens with zero attached hydrogens (tertiary/aromatic N) is 3. The number of thioether (sulfide) groups is 1. The minimum Gasteiger partial charge on any atom is -0.338 e. The van der Waals surface area contributed by atoms with Crippen molar-refractivity contribution in [1.29, 1.82) is 0 Å². The van der Waals surface area contributed by atoms with Crippen molar-refractivity contribution in [3.05, 3.63) is 64.4 Å². The van der Waals surface area contributed by atoms with Crippen molar-refractivity contribution in [3.8, 4) is 11.4 Å². The van der Waals surface area contributed by atoms with E-state index in [0.717, 1.165) is 15.6 Å². The predicted molar refractivity (Wildman–Crippen MR) is 108 cm³/mol. The van der Waals surface area contributed by atoms with E-state index in [1.807, 2.05) is 31.2 Å². The average molecular weight is 449 g/mol. The number of benzene rings is 2. The van der Waals surface area contributed by atoms with Gasteiger partial charge in [0.25, 0.3) is 0 Å². The van der Waals surface area contributed by atoms with Crippen LogP contribution in [-0.2, 0) is 4.79 Å². The van der Waals surface area contributed by atoms with E-state index in [2.05, 4.69) is 31.1 Å². The fraction of sp³-hybridized carbons (Fsp3) is 0.211. The lowest BCUT2D eigenvalue weighted by atomic mass is 10.1. The second kappa shape index (κ2) is 8.67. The van der Waals surface area contributed by atoms with Gasteiger partial charge in [-0.25, -0.2) is 9.37 Å². The minimum atomic E-state index is -0.290. The van der Waals surface area contributed by atoms with Gasteiger partial charge in [-0.2, -0.15) is 0 Å². The minimum absolute atomic E-state index is 0.0492. The molecule has 0 spiro atoms. The fourth-order valence-electron chi connectivity index (χ4n) is 2.46. The number of aromatic nitrogens is 3. The normalized spacial score (nSPS) is 12.0. The van der Waals surface area contributed by atoms with Gasteiger partial charge in [0.05, 0.1) is 11.8 Å². The van der Waals surface area contributed by atoms with Crippen LogP contribution in [0.2, 0.25) is 0 Å². The molecule has 2 aromatic carbocycles. The quantitative estimate of drug-likeness (QED) is 0.555. The van der Waals surface area contributed by atoms with Gasteiger partial charge in [0, 0.05) is 17.1 Å². The van der Waals surface area contributed by atoms with Gasteiger partial charge in [0.1, 0.15) is 5.82 Å². The van der Waals surface area contributed by atoms with E-state index in [1.165, 1.54) is 23.9 Å². The summed E-state index contributed by atoms with van der Waals surface area (Å²) in [6.45, 7) is 1.91. The third-order valence-corrected chi connectivity index (χ3v) is 5.59. The molecule has 0 unspecified atom stereocenters. The van der Waals surface area contributed by atoms with Crippen molar-refractivity contribution < 1.29 is 9.18 Å². The maximum Gasteiger partial charge on any atom is 0.233 e. The summed E-state index contributed by atoms with van der Waals surface area (Å²) in [6.07, 6.45) is 0. The monoisotopic (exact) mass is 448 g/mol. The zero-order valence-electron chi connectivity index (χ0n) is 14.8. The van der Waals surface area contributed by atoms with Gasteiger partial charge >= 0.3 is 0 Å². The lowest BCUT2D eigenvalue weighted by molar-refractivity contribution is -0.128. The van der Waals surface area contributed by atoms with Crippen molar-refractivity contribution >= 4 is 33.6 Å². The summed E-state index contributed by atoms with van der Waals surface area (Å²) >= 11 is 4.68. The van der Waals surface area contributed by atoms with Gasteiger partial charge < -0.3 is 4.90 Å². The van der Waals surface area contributed by atoms with E-state index in [1.54, 1.807) is 24.1 Å². The maximum absolute atomic E-state index is 13.1. The topological polar surface area (TPSA) is 61.9 Å². The molecule has 5 nitrogen and oxygen atoms in total. The maximum atomic E-state index is 13.1. The zero-order chi connectivity index (χ0) is 19.4. The Morgan fingerprint density at radius 2 is 1.89 bits per heavy atom. The van der Waals surface area contributed by atoms with E-state index in [0.29, 0.717) is 11.0 Å². The van der Waals surface area contributed by atoms with Gasteiger partial charge in [0.2, 0.25) is 11.1 Å². The van der Waals surface area contributed by atoms with E-state index in [9.17, 15) is 9.18 Å². The van der Waals surface area contributed by atoms with Gasteiger partial charge in [-0.3, -0.25) is 9.89 Å². The molecule has 0 aliphatic carbocycles. The highest BCUT2D eigenvalue weighted by Crippen LogP contribution is 2.23. The highest BCUT2D eigenvalue weighted by atomic mass is 79.9. The van der Waals surface area contributed by atoms with Gasteiger partial charge in [-0.15, -0.1) is 5.10 Å². The molecule has 1 amide bonds. The molecule has 27 heavy (non-hydrogen) atoms. The average Bonchev–Trinajstić information content (AvgIpc) is 3.15.